The van der Waals surface area contributed by atoms with Gasteiger partial charge in [-0.3, -0.25) is 14.0 Å². The zero-order valence-corrected chi connectivity index (χ0v) is 21.1. The summed E-state index contributed by atoms with van der Waals surface area (Å²) in [5.41, 5.74) is 2.90. The molecule has 0 bridgehead atoms. The van der Waals surface area contributed by atoms with Gasteiger partial charge in [-0.25, -0.2) is 0 Å². The summed E-state index contributed by atoms with van der Waals surface area (Å²) in [7, 11) is 0. The summed E-state index contributed by atoms with van der Waals surface area (Å²) in [6, 6.07) is 14.7. The second-order valence-corrected chi connectivity index (χ2v) is 9.51. The molecular formula is C26H23Cl3N4O2. The topological polar surface area (TPSA) is 56.2 Å². The van der Waals surface area contributed by atoms with E-state index in [9.17, 15) is 4.79 Å². The monoisotopic (exact) mass is 528 g/mol. The molecular weight excluding hydrogens is 507 g/mol. The lowest BCUT2D eigenvalue weighted by Gasteiger charge is -2.14. The molecule has 180 valence electrons. The summed E-state index contributed by atoms with van der Waals surface area (Å²) in [5, 5.41) is 7.09. The van der Waals surface area contributed by atoms with Gasteiger partial charge in [0, 0.05) is 34.4 Å². The molecule has 4 heterocycles. The van der Waals surface area contributed by atoms with E-state index in [0.29, 0.717) is 32.3 Å². The molecule has 1 fully saturated rings. The second kappa shape index (κ2) is 9.70. The van der Waals surface area contributed by atoms with E-state index in [0.717, 1.165) is 29.7 Å². The van der Waals surface area contributed by atoms with Crippen LogP contribution in [0, 0.1) is 0 Å². The Morgan fingerprint density at radius 1 is 0.971 bits per heavy atom. The van der Waals surface area contributed by atoms with E-state index in [2.05, 4.69) is 10.00 Å². The molecule has 6 rings (SSSR count). The van der Waals surface area contributed by atoms with E-state index in [1.54, 1.807) is 41.1 Å². The average Bonchev–Trinajstić information content (AvgIpc) is 3.57. The molecule has 9 heteroatoms. The predicted octanol–water partition coefficient (Wildman–Crippen LogP) is 6.42. The fourth-order valence-corrected chi connectivity index (χ4v) is 5.21. The highest BCUT2D eigenvalue weighted by atomic mass is 35.5. The van der Waals surface area contributed by atoms with E-state index < -0.39 is 0 Å². The largest absolute Gasteiger partial charge is 0.456 e. The summed E-state index contributed by atoms with van der Waals surface area (Å²) in [5.74, 6) is 0.529. The van der Waals surface area contributed by atoms with Crippen LogP contribution in [0.4, 0.5) is 0 Å². The van der Waals surface area contributed by atoms with Crippen LogP contribution in [-0.2, 0) is 6.54 Å². The van der Waals surface area contributed by atoms with Crippen molar-refractivity contribution in [2.45, 2.75) is 19.4 Å². The first-order valence-corrected chi connectivity index (χ1v) is 12.1. The van der Waals surface area contributed by atoms with Gasteiger partial charge in [0.05, 0.1) is 28.7 Å². The van der Waals surface area contributed by atoms with Crippen LogP contribution in [0.25, 0.3) is 38.9 Å². The molecule has 0 amide bonds. The van der Waals surface area contributed by atoms with Crippen LogP contribution in [0.2, 0.25) is 10.0 Å². The minimum Gasteiger partial charge on any atom is -0.456 e. The molecule has 0 N–H and O–H groups in total. The number of nitrogens with zero attached hydrogens (tertiary/aromatic N) is 4. The Morgan fingerprint density at radius 2 is 1.80 bits per heavy atom. The maximum Gasteiger partial charge on any atom is 0.266 e. The van der Waals surface area contributed by atoms with Gasteiger partial charge in [-0.2, -0.15) is 5.10 Å². The zero-order valence-electron chi connectivity index (χ0n) is 18.8. The highest BCUT2D eigenvalue weighted by Crippen LogP contribution is 2.33. The van der Waals surface area contributed by atoms with Gasteiger partial charge in [-0.15, -0.1) is 12.4 Å². The average molecular weight is 530 g/mol. The van der Waals surface area contributed by atoms with Gasteiger partial charge in [0.1, 0.15) is 11.3 Å². The van der Waals surface area contributed by atoms with Crippen molar-refractivity contribution in [1.29, 1.82) is 0 Å². The summed E-state index contributed by atoms with van der Waals surface area (Å²) in [6.45, 7) is 4.22. The molecule has 0 atom stereocenters. The van der Waals surface area contributed by atoms with Crippen LogP contribution in [0.3, 0.4) is 0 Å². The van der Waals surface area contributed by atoms with Crippen LogP contribution >= 0.6 is 35.6 Å². The molecule has 1 aliphatic rings. The second-order valence-electron chi connectivity index (χ2n) is 8.66. The molecule has 0 spiro atoms. The first-order chi connectivity index (χ1) is 16.6. The van der Waals surface area contributed by atoms with Crippen molar-refractivity contribution in [3.05, 3.63) is 81.3 Å². The van der Waals surface area contributed by atoms with Crippen LogP contribution < -0.4 is 5.56 Å². The molecule has 35 heavy (non-hydrogen) atoms. The van der Waals surface area contributed by atoms with Crippen molar-refractivity contribution in [1.82, 2.24) is 19.2 Å². The van der Waals surface area contributed by atoms with Crippen molar-refractivity contribution in [2.24, 2.45) is 0 Å². The summed E-state index contributed by atoms with van der Waals surface area (Å²) >= 11 is 12.3. The molecule has 0 aliphatic carbocycles. The van der Waals surface area contributed by atoms with Crippen LogP contribution in [-0.4, -0.2) is 38.9 Å². The number of pyridine rings is 1. The SMILES string of the molecule is Cl.O=c1c2cc(-c3ccc(Cl)cc3Cl)oc2ccn1-c1ccc2c(cnn2CCN2CCCC2)c1. The molecule has 0 saturated carbocycles. The highest BCUT2D eigenvalue weighted by molar-refractivity contribution is 6.36. The Bertz CT molecular complexity index is 1580. The zero-order chi connectivity index (χ0) is 23.2. The first-order valence-electron chi connectivity index (χ1n) is 11.4. The third-order valence-corrected chi connectivity index (χ3v) is 7.06. The van der Waals surface area contributed by atoms with Gasteiger partial charge < -0.3 is 9.32 Å². The van der Waals surface area contributed by atoms with E-state index in [1.807, 2.05) is 29.1 Å². The van der Waals surface area contributed by atoms with E-state index >= 15 is 0 Å². The Kier molecular flexibility index (Phi) is 6.64. The molecule has 3 aromatic heterocycles. The quantitative estimate of drug-likeness (QED) is 0.263. The molecule has 0 radical (unpaired) electrons. The first kappa shape index (κ1) is 23.9. The van der Waals surface area contributed by atoms with Crippen molar-refractivity contribution in [3.63, 3.8) is 0 Å². The number of aromatic nitrogens is 3. The maximum absolute atomic E-state index is 13.3. The number of halogens is 3. The minimum absolute atomic E-state index is 0. The molecule has 6 nitrogen and oxygen atoms in total. The van der Waals surface area contributed by atoms with Crippen LogP contribution in [0.1, 0.15) is 12.8 Å². The van der Waals surface area contributed by atoms with Gasteiger partial charge in [-0.1, -0.05) is 23.2 Å². The number of fused-ring (bicyclic) bond motifs is 2. The number of likely N-dealkylation sites (tertiary alicyclic amines) is 1. The van der Waals surface area contributed by atoms with Crippen LogP contribution in [0.5, 0.6) is 0 Å². The van der Waals surface area contributed by atoms with E-state index in [4.69, 9.17) is 27.6 Å². The molecule has 1 aliphatic heterocycles. The lowest BCUT2D eigenvalue weighted by molar-refractivity contribution is 0.318. The third kappa shape index (κ3) is 4.47. The maximum atomic E-state index is 13.3. The fourth-order valence-electron chi connectivity index (χ4n) is 4.71. The number of furan rings is 1. The number of benzene rings is 2. The predicted molar refractivity (Wildman–Crippen MR) is 143 cm³/mol. The van der Waals surface area contributed by atoms with Gasteiger partial charge >= 0.3 is 0 Å². The van der Waals surface area contributed by atoms with Crippen molar-refractivity contribution in [2.75, 3.05) is 19.6 Å². The van der Waals surface area contributed by atoms with Gasteiger partial charge in [0.25, 0.3) is 5.56 Å². The molecule has 1 saturated heterocycles. The normalized spacial score (nSPS) is 14.1. The number of hydrogen-bond acceptors (Lipinski definition) is 4. The Morgan fingerprint density at radius 3 is 2.60 bits per heavy atom. The van der Waals surface area contributed by atoms with E-state index in [-0.39, 0.29) is 18.0 Å². The smallest absolute Gasteiger partial charge is 0.266 e. The fraction of sp³-hybridized carbons (Fsp3) is 0.231. The van der Waals surface area contributed by atoms with E-state index in [1.165, 1.54) is 25.9 Å². The van der Waals surface area contributed by atoms with Crippen molar-refractivity contribution in [3.8, 4) is 17.0 Å². The minimum atomic E-state index is -0.154. The third-order valence-electron chi connectivity index (χ3n) is 6.51. The molecule has 2 aromatic carbocycles. The Balaban J connectivity index is 0.00000253. The number of rotatable bonds is 5. The summed E-state index contributed by atoms with van der Waals surface area (Å²) in [4.78, 5) is 15.8. The number of hydrogen-bond donors (Lipinski definition) is 0. The standard InChI is InChI=1S/C26H22Cl2N4O2.ClH/c27-18-3-5-20(22(28)14-18)25-15-21-24(34-25)7-10-31(26(21)33)19-4-6-23-17(13-19)16-29-32(23)12-11-30-8-1-2-9-30;/h3-7,10,13-16H,1-2,8-9,11-12H2;1H. The highest BCUT2D eigenvalue weighted by Gasteiger charge is 2.15. The Hall–Kier alpha value is -2.77. The van der Waals surface area contributed by atoms with Crippen LogP contribution in [0.15, 0.2) is 70.1 Å². The van der Waals surface area contributed by atoms with Crippen molar-refractivity contribution < 1.29 is 4.42 Å². The van der Waals surface area contributed by atoms with Gasteiger partial charge in [-0.05, 0) is 74.5 Å². The summed E-state index contributed by atoms with van der Waals surface area (Å²) in [6.07, 6.45) is 6.17. The van der Waals surface area contributed by atoms with Gasteiger partial charge in [0.2, 0.25) is 0 Å². The Labute approximate surface area is 218 Å². The van der Waals surface area contributed by atoms with Gasteiger partial charge in [0.15, 0.2) is 0 Å². The van der Waals surface area contributed by atoms with Crippen molar-refractivity contribution >= 4 is 57.5 Å². The molecule has 0 unspecified atom stereocenters. The summed E-state index contributed by atoms with van der Waals surface area (Å²) < 4.78 is 9.61. The lowest BCUT2D eigenvalue weighted by atomic mass is 10.1. The lowest BCUT2D eigenvalue weighted by Crippen LogP contribution is -2.24. The molecule has 5 aromatic rings.